The predicted molar refractivity (Wildman–Crippen MR) is 74.1 cm³/mol. The van der Waals surface area contributed by atoms with Gasteiger partial charge in [-0.3, -0.25) is 4.79 Å². The largest absolute Gasteiger partial charge is 0.483 e. The van der Waals surface area contributed by atoms with Gasteiger partial charge >= 0.3 is 6.18 Å². The SMILES string of the molecule is CC(C)c1cccc(NC(=O)C2=C(C(F)(F)F)OCCO2)c1. The van der Waals surface area contributed by atoms with Crippen molar-refractivity contribution in [3.8, 4) is 0 Å². The van der Waals surface area contributed by atoms with E-state index in [0.717, 1.165) is 5.56 Å². The number of ether oxygens (including phenoxy) is 2. The van der Waals surface area contributed by atoms with Crippen LogP contribution in [0.5, 0.6) is 0 Å². The van der Waals surface area contributed by atoms with Crippen LogP contribution in [-0.2, 0) is 14.3 Å². The molecule has 0 unspecified atom stereocenters. The van der Waals surface area contributed by atoms with Crippen LogP contribution >= 0.6 is 0 Å². The smallest absolute Gasteiger partial charge is 0.453 e. The average Bonchev–Trinajstić information content (AvgIpc) is 2.46. The Balaban J connectivity index is 2.24. The van der Waals surface area contributed by atoms with Crippen LogP contribution in [0.25, 0.3) is 0 Å². The molecule has 1 N–H and O–H groups in total. The Morgan fingerprint density at radius 2 is 1.91 bits per heavy atom. The molecular weight excluding hydrogens is 299 g/mol. The first kappa shape index (κ1) is 16.2. The lowest BCUT2D eigenvalue weighted by atomic mass is 10.0. The number of allylic oxidation sites excluding steroid dienone is 1. The minimum Gasteiger partial charge on any atom is -0.483 e. The van der Waals surface area contributed by atoms with E-state index >= 15 is 0 Å². The van der Waals surface area contributed by atoms with Gasteiger partial charge in [-0.15, -0.1) is 0 Å². The van der Waals surface area contributed by atoms with Gasteiger partial charge in [-0.25, -0.2) is 0 Å². The van der Waals surface area contributed by atoms with E-state index in [2.05, 4.69) is 10.1 Å². The number of carbonyl (C=O) groups excluding carboxylic acids is 1. The van der Waals surface area contributed by atoms with E-state index in [0.29, 0.717) is 5.69 Å². The van der Waals surface area contributed by atoms with Crippen LogP contribution < -0.4 is 5.32 Å². The van der Waals surface area contributed by atoms with E-state index in [1.54, 1.807) is 18.2 Å². The number of benzene rings is 1. The number of halogens is 3. The highest BCUT2D eigenvalue weighted by atomic mass is 19.4. The first-order valence-electron chi connectivity index (χ1n) is 6.77. The van der Waals surface area contributed by atoms with E-state index in [1.807, 2.05) is 19.9 Å². The second-order valence-electron chi connectivity index (χ2n) is 5.09. The van der Waals surface area contributed by atoms with E-state index in [1.165, 1.54) is 0 Å². The summed E-state index contributed by atoms with van der Waals surface area (Å²) in [5, 5.41) is 2.41. The first-order valence-corrected chi connectivity index (χ1v) is 6.77. The van der Waals surface area contributed by atoms with E-state index in [4.69, 9.17) is 4.74 Å². The second-order valence-corrected chi connectivity index (χ2v) is 5.09. The number of anilines is 1. The van der Waals surface area contributed by atoms with Crippen LogP contribution in [0, 0.1) is 0 Å². The van der Waals surface area contributed by atoms with Crippen LogP contribution in [0.4, 0.5) is 18.9 Å². The molecule has 2 rings (SSSR count). The molecule has 0 fully saturated rings. The molecule has 22 heavy (non-hydrogen) atoms. The van der Waals surface area contributed by atoms with Crippen LogP contribution in [0.15, 0.2) is 35.8 Å². The molecule has 7 heteroatoms. The molecule has 1 aromatic carbocycles. The van der Waals surface area contributed by atoms with Gasteiger partial charge in [-0.1, -0.05) is 26.0 Å². The van der Waals surface area contributed by atoms with Gasteiger partial charge < -0.3 is 14.8 Å². The summed E-state index contributed by atoms with van der Waals surface area (Å²) in [6.07, 6.45) is -4.77. The Morgan fingerprint density at radius 1 is 1.23 bits per heavy atom. The highest BCUT2D eigenvalue weighted by Crippen LogP contribution is 2.32. The van der Waals surface area contributed by atoms with Crippen molar-refractivity contribution in [3.05, 3.63) is 41.3 Å². The molecule has 4 nitrogen and oxygen atoms in total. The molecule has 0 aromatic heterocycles. The van der Waals surface area contributed by atoms with Crippen LogP contribution in [-0.4, -0.2) is 25.3 Å². The average molecular weight is 315 g/mol. The van der Waals surface area contributed by atoms with Gasteiger partial charge in [0.15, 0.2) is 0 Å². The van der Waals surface area contributed by atoms with Crippen molar-refractivity contribution < 1.29 is 27.4 Å². The minimum atomic E-state index is -4.77. The van der Waals surface area contributed by atoms with Crippen molar-refractivity contribution >= 4 is 11.6 Å². The fraction of sp³-hybridized carbons (Fsp3) is 0.400. The van der Waals surface area contributed by atoms with Crippen molar-refractivity contribution in [3.63, 3.8) is 0 Å². The Hall–Kier alpha value is -2.18. The predicted octanol–water partition coefficient (Wildman–Crippen LogP) is 3.57. The molecule has 0 aliphatic carbocycles. The van der Waals surface area contributed by atoms with Gasteiger partial charge in [0.2, 0.25) is 11.5 Å². The molecule has 0 atom stereocenters. The number of carbonyl (C=O) groups is 1. The molecule has 0 spiro atoms. The Kier molecular flexibility index (Phi) is 4.63. The second kappa shape index (κ2) is 6.29. The molecule has 120 valence electrons. The quantitative estimate of drug-likeness (QED) is 0.927. The molecule has 0 bridgehead atoms. The molecular formula is C15H16F3NO3. The van der Waals surface area contributed by atoms with E-state index in [-0.39, 0.29) is 19.1 Å². The number of hydrogen-bond donors (Lipinski definition) is 1. The highest BCUT2D eigenvalue weighted by molar-refractivity contribution is 6.02. The van der Waals surface area contributed by atoms with Gasteiger partial charge in [0.1, 0.15) is 13.2 Å². The van der Waals surface area contributed by atoms with Crippen molar-refractivity contribution in [2.75, 3.05) is 18.5 Å². The topological polar surface area (TPSA) is 47.6 Å². The summed E-state index contributed by atoms with van der Waals surface area (Å²) in [7, 11) is 0. The molecule has 0 saturated heterocycles. The summed E-state index contributed by atoms with van der Waals surface area (Å²) in [4.78, 5) is 12.0. The third-order valence-electron chi connectivity index (χ3n) is 3.06. The number of nitrogens with one attached hydrogen (secondary N) is 1. The fourth-order valence-corrected chi connectivity index (χ4v) is 1.96. The van der Waals surface area contributed by atoms with Crippen molar-refractivity contribution in [2.45, 2.75) is 25.9 Å². The fourth-order valence-electron chi connectivity index (χ4n) is 1.96. The van der Waals surface area contributed by atoms with Crippen LogP contribution in [0.2, 0.25) is 0 Å². The summed E-state index contributed by atoms with van der Waals surface area (Å²) >= 11 is 0. The lowest BCUT2D eigenvalue weighted by Crippen LogP contribution is -2.30. The van der Waals surface area contributed by atoms with Gasteiger partial charge in [-0.05, 0) is 23.6 Å². The summed E-state index contributed by atoms with van der Waals surface area (Å²) < 4.78 is 47.8. The lowest BCUT2D eigenvalue weighted by Gasteiger charge is -2.22. The minimum absolute atomic E-state index is 0.103. The summed E-state index contributed by atoms with van der Waals surface area (Å²) in [5.74, 6) is -2.98. The monoisotopic (exact) mass is 315 g/mol. The summed E-state index contributed by atoms with van der Waals surface area (Å²) in [6, 6.07) is 6.91. The van der Waals surface area contributed by atoms with Crippen LogP contribution in [0.3, 0.4) is 0 Å². The summed E-state index contributed by atoms with van der Waals surface area (Å²) in [5.41, 5.74) is 1.36. The zero-order valence-corrected chi connectivity index (χ0v) is 12.2. The Labute approximate surface area is 125 Å². The van der Waals surface area contributed by atoms with Gasteiger partial charge in [0.25, 0.3) is 5.91 Å². The first-order chi connectivity index (χ1) is 10.3. The van der Waals surface area contributed by atoms with Crippen molar-refractivity contribution in [2.24, 2.45) is 0 Å². The number of amides is 1. The third-order valence-corrected chi connectivity index (χ3v) is 3.06. The van der Waals surface area contributed by atoms with Gasteiger partial charge in [0, 0.05) is 5.69 Å². The molecule has 0 saturated carbocycles. The van der Waals surface area contributed by atoms with Crippen molar-refractivity contribution in [1.29, 1.82) is 0 Å². The molecule has 1 aliphatic rings. The van der Waals surface area contributed by atoms with E-state index < -0.39 is 23.6 Å². The molecule has 1 aromatic rings. The van der Waals surface area contributed by atoms with Crippen molar-refractivity contribution in [1.82, 2.24) is 0 Å². The maximum Gasteiger partial charge on any atom is 0.453 e. The maximum absolute atomic E-state index is 12.8. The number of hydrogen-bond acceptors (Lipinski definition) is 3. The Bertz CT molecular complexity index is 594. The standard InChI is InChI=1S/C15H16F3NO3/c1-9(2)10-4-3-5-11(8-10)19-14(20)12-13(15(16,17)18)22-7-6-21-12/h3-5,8-9H,6-7H2,1-2H3,(H,19,20). The summed E-state index contributed by atoms with van der Waals surface area (Å²) in [6.45, 7) is 3.61. The molecule has 1 heterocycles. The lowest BCUT2D eigenvalue weighted by molar-refractivity contribution is -0.151. The molecule has 1 amide bonds. The zero-order chi connectivity index (χ0) is 16.3. The molecule has 0 radical (unpaired) electrons. The molecule has 1 aliphatic heterocycles. The van der Waals surface area contributed by atoms with Gasteiger partial charge in [-0.2, -0.15) is 13.2 Å². The number of alkyl halides is 3. The zero-order valence-electron chi connectivity index (χ0n) is 12.2. The maximum atomic E-state index is 12.8. The van der Waals surface area contributed by atoms with Crippen LogP contribution in [0.1, 0.15) is 25.3 Å². The number of rotatable bonds is 3. The third kappa shape index (κ3) is 3.72. The highest BCUT2D eigenvalue weighted by Gasteiger charge is 2.43. The normalized spacial score (nSPS) is 15.4. The van der Waals surface area contributed by atoms with E-state index in [9.17, 15) is 18.0 Å². The van der Waals surface area contributed by atoms with Gasteiger partial charge in [0.05, 0.1) is 0 Å². The Morgan fingerprint density at radius 3 is 2.55 bits per heavy atom.